The van der Waals surface area contributed by atoms with Crippen molar-refractivity contribution in [1.29, 1.82) is 0 Å². The van der Waals surface area contributed by atoms with Crippen molar-refractivity contribution >= 4 is 17.5 Å². The first-order valence-corrected chi connectivity index (χ1v) is 6.81. The average Bonchev–Trinajstić information content (AvgIpc) is 2.74. The van der Waals surface area contributed by atoms with Gasteiger partial charge in [0.25, 0.3) is 5.91 Å². The molecule has 0 saturated carbocycles. The molecular weight excluding hydrogens is 266 g/mol. The predicted molar refractivity (Wildman–Crippen MR) is 74.4 cm³/mol. The molecule has 0 radical (unpaired) electrons. The Hall–Kier alpha value is -1.04. The second-order valence-corrected chi connectivity index (χ2v) is 6.05. The minimum atomic E-state index is -0.695. The van der Waals surface area contributed by atoms with Crippen LogP contribution in [0.15, 0.2) is 12.3 Å². The van der Waals surface area contributed by atoms with E-state index in [-0.39, 0.29) is 5.91 Å². The Morgan fingerprint density at radius 1 is 1.42 bits per heavy atom. The molecule has 1 aromatic rings. The minimum absolute atomic E-state index is 0.0187. The zero-order chi connectivity index (χ0) is 14.0. The van der Waals surface area contributed by atoms with Crippen molar-refractivity contribution in [1.82, 2.24) is 14.8 Å². The van der Waals surface area contributed by atoms with Gasteiger partial charge in [0.15, 0.2) is 0 Å². The minimum Gasteiger partial charge on any atom is -0.389 e. The molecule has 1 amide bonds. The van der Waals surface area contributed by atoms with E-state index in [4.69, 9.17) is 11.6 Å². The summed E-state index contributed by atoms with van der Waals surface area (Å²) in [5.74, 6) is -0.0187. The van der Waals surface area contributed by atoms with Crippen LogP contribution in [-0.2, 0) is 0 Å². The molecule has 1 aromatic heterocycles. The van der Waals surface area contributed by atoms with Crippen molar-refractivity contribution in [3.05, 3.63) is 23.0 Å². The van der Waals surface area contributed by atoms with Gasteiger partial charge in [-0.3, -0.25) is 9.69 Å². The molecule has 1 fully saturated rings. The standard InChI is InChI=1S/C13H20ClN3O2/c1-13(2,19)9-16-3-5-17(6-4-16)12(18)11-7-10(14)8-15-11/h7-8,15,19H,3-6,9H2,1-2H3. The molecule has 2 N–H and O–H groups in total. The van der Waals surface area contributed by atoms with Crippen LogP contribution in [0.2, 0.25) is 5.02 Å². The first kappa shape index (κ1) is 14.4. The molecule has 1 saturated heterocycles. The number of hydrogen-bond donors (Lipinski definition) is 2. The summed E-state index contributed by atoms with van der Waals surface area (Å²) in [6.45, 7) is 7.13. The van der Waals surface area contributed by atoms with Crippen LogP contribution in [0.5, 0.6) is 0 Å². The molecule has 0 bridgehead atoms. The zero-order valence-corrected chi connectivity index (χ0v) is 12.1. The Morgan fingerprint density at radius 2 is 2.05 bits per heavy atom. The van der Waals surface area contributed by atoms with Crippen molar-refractivity contribution in [2.24, 2.45) is 0 Å². The summed E-state index contributed by atoms with van der Waals surface area (Å²) in [6, 6.07) is 1.65. The van der Waals surface area contributed by atoms with Crippen LogP contribution in [0.3, 0.4) is 0 Å². The van der Waals surface area contributed by atoms with E-state index >= 15 is 0 Å². The van der Waals surface area contributed by atoms with Crippen molar-refractivity contribution in [3.8, 4) is 0 Å². The maximum absolute atomic E-state index is 12.2. The zero-order valence-electron chi connectivity index (χ0n) is 11.3. The Balaban J connectivity index is 1.88. The number of β-amino-alcohol motifs (C(OH)–C–C–N with tert-alkyl or cyclic N) is 1. The number of carbonyl (C=O) groups excluding carboxylic acids is 1. The number of hydrogen-bond acceptors (Lipinski definition) is 3. The molecule has 19 heavy (non-hydrogen) atoms. The van der Waals surface area contributed by atoms with Crippen molar-refractivity contribution in [2.75, 3.05) is 32.7 Å². The summed E-state index contributed by atoms with van der Waals surface area (Å²) in [5.41, 5.74) is -0.167. The number of rotatable bonds is 3. The topological polar surface area (TPSA) is 59.6 Å². The molecule has 1 aliphatic heterocycles. The van der Waals surface area contributed by atoms with E-state index in [0.29, 0.717) is 30.4 Å². The maximum atomic E-state index is 12.2. The van der Waals surface area contributed by atoms with Gasteiger partial charge in [-0.2, -0.15) is 0 Å². The van der Waals surface area contributed by atoms with Gasteiger partial charge in [-0.25, -0.2) is 0 Å². The first-order chi connectivity index (χ1) is 8.85. The summed E-state index contributed by atoms with van der Waals surface area (Å²) < 4.78 is 0. The van der Waals surface area contributed by atoms with E-state index in [2.05, 4.69) is 9.88 Å². The third-order valence-electron chi connectivity index (χ3n) is 3.15. The third-order valence-corrected chi connectivity index (χ3v) is 3.37. The highest BCUT2D eigenvalue weighted by atomic mass is 35.5. The Labute approximate surface area is 118 Å². The number of halogens is 1. The van der Waals surface area contributed by atoms with Gasteiger partial charge in [-0.05, 0) is 19.9 Å². The van der Waals surface area contributed by atoms with Gasteiger partial charge < -0.3 is 15.0 Å². The lowest BCUT2D eigenvalue weighted by atomic mass is 10.1. The Bertz CT molecular complexity index is 445. The van der Waals surface area contributed by atoms with Gasteiger partial charge in [0.1, 0.15) is 5.69 Å². The Kier molecular flexibility index (Phi) is 4.18. The van der Waals surface area contributed by atoms with Crippen LogP contribution >= 0.6 is 11.6 Å². The van der Waals surface area contributed by atoms with Gasteiger partial charge in [-0.15, -0.1) is 0 Å². The molecule has 0 spiro atoms. The maximum Gasteiger partial charge on any atom is 0.270 e. The molecule has 0 aromatic carbocycles. The molecule has 106 valence electrons. The largest absolute Gasteiger partial charge is 0.389 e. The highest BCUT2D eigenvalue weighted by Crippen LogP contribution is 2.14. The third kappa shape index (κ3) is 3.96. The molecule has 5 nitrogen and oxygen atoms in total. The van der Waals surface area contributed by atoms with E-state index in [0.717, 1.165) is 13.1 Å². The SMILES string of the molecule is CC(C)(O)CN1CCN(C(=O)c2cc(Cl)c[nH]2)CC1. The number of nitrogens with one attached hydrogen (secondary N) is 1. The van der Waals surface area contributed by atoms with Crippen LogP contribution in [0.1, 0.15) is 24.3 Å². The number of amides is 1. The van der Waals surface area contributed by atoms with Gasteiger partial charge >= 0.3 is 0 Å². The number of aromatic amines is 1. The summed E-state index contributed by atoms with van der Waals surface area (Å²) in [6.07, 6.45) is 1.61. The lowest BCUT2D eigenvalue weighted by Crippen LogP contribution is -2.52. The molecule has 2 rings (SSSR count). The number of carbonyl (C=O) groups is 1. The summed E-state index contributed by atoms with van der Waals surface area (Å²) in [5, 5.41) is 10.3. The lowest BCUT2D eigenvalue weighted by molar-refractivity contribution is 0.0177. The van der Waals surface area contributed by atoms with Crippen LogP contribution in [-0.4, -0.2) is 64.1 Å². The summed E-state index contributed by atoms with van der Waals surface area (Å²) in [7, 11) is 0. The quantitative estimate of drug-likeness (QED) is 0.877. The lowest BCUT2D eigenvalue weighted by Gasteiger charge is -2.37. The fraction of sp³-hybridized carbons (Fsp3) is 0.615. The molecule has 0 aliphatic carbocycles. The monoisotopic (exact) mass is 285 g/mol. The normalized spacial score (nSPS) is 17.8. The molecule has 6 heteroatoms. The number of nitrogens with zero attached hydrogens (tertiary/aromatic N) is 2. The first-order valence-electron chi connectivity index (χ1n) is 6.43. The van der Waals surface area contributed by atoms with E-state index < -0.39 is 5.60 Å². The average molecular weight is 286 g/mol. The molecule has 1 aliphatic rings. The fourth-order valence-electron chi connectivity index (χ4n) is 2.32. The van der Waals surface area contributed by atoms with Gasteiger partial charge in [0.05, 0.1) is 10.6 Å². The fourth-order valence-corrected chi connectivity index (χ4v) is 2.48. The number of H-pyrrole nitrogens is 1. The molecule has 0 unspecified atom stereocenters. The van der Waals surface area contributed by atoms with E-state index in [1.54, 1.807) is 26.1 Å². The predicted octanol–water partition coefficient (Wildman–Crippen LogP) is 1.20. The van der Waals surface area contributed by atoms with E-state index in [1.165, 1.54) is 0 Å². The van der Waals surface area contributed by atoms with Crippen molar-refractivity contribution in [2.45, 2.75) is 19.4 Å². The van der Waals surface area contributed by atoms with Crippen LogP contribution in [0, 0.1) is 0 Å². The van der Waals surface area contributed by atoms with Crippen LogP contribution < -0.4 is 0 Å². The second-order valence-electron chi connectivity index (χ2n) is 5.61. The number of aliphatic hydroxyl groups is 1. The van der Waals surface area contributed by atoms with Crippen LogP contribution in [0.4, 0.5) is 0 Å². The second kappa shape index (κ2) is 5.53. The number of aromatic nitrogens is 1. The Morgan fingerprint density at radius 3 is 2.53 bits per heavy atom. The summed E-state index contributed by atoms with van der Waals surface area (Å²) >= 11 is 5.80. The molecule has 2 heterocycles. The van der Waals surface area contributed by atoms with Crippen LogP contribution in [0.25, 0.3) is 0 Å². The molecule has 0 atom stereocenters. The van der Waals surface area contributed by atoms with E-state index in [1.807, 2.05) is 4.90 Å². The molecular formula is C13H20ClN3O2. The van der Waals surface area contributed by atoms with Gasteiger partial charge in [0.2, 0.25) is 0 Å². The highest BCUT2D eigenvalue weighted by molar-refractivity contribution is 6.30. The van der Waals surface area contributed by atoms with E-state index in [9.17, 15) is 9.90 Å². The number of piperazine rings is 1. The van der Waals surface area contributed by atoms with Crippen molar-refractivity contribution in [3.63, 3.8) is 0 Å². The smallest absolute Gasteiger partial charge is 0.270 e. The summed E-state index contributed by atoms with van der Waals surface area (Å²) in [4.78, 5) is 19.0. The van der Waals surface area contributed by atoms with Gasteiger partial charge in [0, 0.05) is 38.9 Å². The van der Waals surface area contributed by atoms with Gasteiger partial charge in [-0.1, -0.05) is 11.6 Å². The highest BCUT2D eigenvalue weighted by Gasteiger charge is 2.25. The van der Waals surface area contributed by atoms with Crippen molar-refractivity contribution < 1.29 is 9.90 Å².